The fourth-order valence-electron chi connectivity index (χ4n) is 20.4. The summed E-state index contributed by atoms with van der Waals surface area (Å²) in [4.78, 5) is 33.7. The number of carbonyl (C=O) groups excluding carboxylic acids is 1. The average molecular weight is 2470 g/mol. The van der Waals surface area contributed by atoms with E-state index in [0.717, 1.165) is 117 Å². The number of halogens is 5. The van der Waals surface area contributed by atoms with Crippen LogP contribution in [0.1, 0.15) is 235 Å². The molecular formula is C106H108F5Ir2N12O3Pt2-5. The van der Waals surface area contributed by atoms with Crippen LogP contribution in [-0.2, 0) is 118 Å². The van der Waals surface area contributed by atoms with E-state index in [9.17, 15) is 26.7 Å². The van der Waals surface area contributed by atoms with E-state index < -0.39 is 23.6 Å². The first-order valence-corrected chi connectivity index (χ1v) is 44.6. The number of hydrogen-bond donors (Lipinski definition) is 1. The minimum Gasteiger partial charge on any atom is -0.513 e. The van der Waals surface area contributed by atoms with Crippen molar-refractivity contribution < 1.29 is 119 Å². The smallest absolute Gasteiger partial charge is 0.454 e. The first-order valence-electron chi connectivity index (χ1n) is 44.6. The third kappa shape index (κ3) is 21.4. The Bertz CT molecular complexity index is 6340. The maximum absolute atomic E-state index is 14.8. The SMILES string of the molecule is CC(O)=CC(=O)C(F)(F)F.CC1(Cc2ccnn2-c2[c-]cc3c(c2)-c2ccccc2C3(F)F)CCCC1.CC1(Cc2ccnn2-c2[c-]cccc2)CCCC1.CCC(c1n[c-]c2c(n1)C(C)(C)c1nccnc1-2)C1(C)CCCCC1.CCC1(Cc2cnc3c4[c-]cccc4n(-c4ccccc4)c3c2)CCCCC1.[Ir].[Ir].[Pt].[Pt].[c-]1ccc2c(oc3ccccc32)c1-n1cccn1. The van der Waals surface area contributed by atoms with Crippen molar-refractivity contribution in [3.8, 4) is 45.1 Å². The van der Waals surface area contributed by atoms with E-state index in [1.54, 1.807) is 47.7 Å². The van der Waals surface area contributed by atoms with E-state index in [1.807, 2.05) is 94.6 Å². The van der Waals surface area contributed by atoms with Crippen LogP contribution in [0.15, 0.2) is 229 Å². The summed E-state index contributed by atoms with van der Waals surface area (Å²) in [6, 6.07) is 68.2. The fraction of sp³-hybridized carbons (Fsp3) is 0.368. The van der Waals surface area contributed by atoms with Gasteiger partial charge in [-0.3, -0.25) is 23.8 Å². The molecule has 4 fully saturated rings. The number of fused-ring (bicyclic) bond motifs is 12. The van der Waals surface area contributed by atoms with Crippen molar-refractivity contribution in [2.45, 2.75) is 227 Å². The van der Waals surface area contributed by atoms with Crippen LogP contribution in [0.4, 0.5) is 22.0 Å². The second kappa shape index (κ2) is 42.7. The Kier molecular flexibility index (Phi) is 32.7. The molecular weight excluding hydrogens is 2360 g/mol. The molecule has 130 heavy (non-hydrogen) atoms. The minimum absolute atomic E-state index is 0. The number of alkyl halides is 5. The summed E-state index contributed by atoms with van der Waals surface area (Å²) < 4.78 is 77.4. The topological polar surface area (TPSA) is 173 Å². The molecule has 8 aromatic heterocycles. The quantitative estimate of drug-likeness (QED) is 0.0448. The summed E-state index contributed by atoms with van der Waals surface area (Å²) in [5.74, 6) is -4.30. The molecule has 4 saturated carbocycles. The van der Waals surface area contributed by atoms with Crippen LogP contribution in [0, 0.1) is 52.1 Å². The second-order valence-electron chi connectivity index (χ2n) is 36.5. The largest absolute Gasteiger partial charge is 0.513 e. The number of nitrogens with zero attached hydrogens (tertiary/aromatic N) is 12. The number of benzene rings is 7. The van der Waals surface area contributed by atoms with Crippen LogP contribution in [0.2, 0.25) is 0 Å². The number of rotatable bonds is 15. The van der Waals surface area contributed by atoms with Gasteiger partial charge in [-0.05, 0) is 193 Å². The van der Waals surface area contributed by atoms with Gasteiger partial charge < -0.3 is 34.0 Å². The van der Waals surface area contributed by atoms with Crippen LogP contribution in [0.25, 0.3) is 89.0 Å². The molecule has 15 aromatic rings. The first-order chi connectivity index (χ1) is 60.8. The van der Waals surface area contributed by atoms with Crippen molar-refractivity contribution in [1.82, 2.24) is 58.8 Å². The van der Waals surface area contributed by atoms with E-state index in [1.165, 1.54) is 162 Å². The number of hydrogen-bond acceptors (Lipinski definition) is 11. The third-order valence-corrected chi connectivity index (χ3v) is 27.1. The number of carbonyl (C=O) groups is 1. The van der Waals surface area contributed by atoms with E-state index >= 15 is 0 Å². The van der Waals surface area contributed by atoms with Gasteiger partial charge in [-0.15, -0.1) is 42.0 Å². The zero-order chi connectivity index (χ0) is 88.0. The molecule has 0 amide bonds. The van der Waals surface area contributed by atoms with Gasteiger partial charge in [0.15, 0.2) is 0 Å². The summed E-state index contributed by atoms with van der Waals surface area (Å²) in [6.07, 6.45) is 40.9. The number of ketones is 1. The van der Waals surface area contributed by atoms with Gasteiger partial charge in [0.25, 0.3) is 11.7 Å². The van der Waals surface area contributed by atoms with E-state index in [4.69, 9.17) is 24.5 Å². The summed E-state index contributed by atoms with van der Waals surface area (Å²) >= 11 is 0. The van der Waals surface area contributed by atoms with Crippen molar-refractivity contribution in [2.24, 2.45) is 21.7 Å². The van der Waals surface area contributed by atoms with Crippen LogP contribution >= 0.6 is 0 Å². The Morgan fingerprint density at radius 3 is 1.85 bits per heavy atom. The predicted octanol–water partition coefficient (Wildman–Crippen LogP) is 26.6. The molecule has 688 valence electrons. The number of furan rings is 1. The monoisotopic (exact) mass is 2470 g/mol. The van der Waals surface area contributed by atoms with E-state index in [0.29, 0.717) is 38.7 Å². The fourth-order valence-corrected chi connectivity index (χ4v) is 20.4. The molecule has 21 rings (SSSR count). The second-order valence-corrected chi connectivity index (χ2v) is 36.5. The number of pyridine rings is 1. The Morgan fingerprint density at radius 2 is 1.22 bits per heavy atom. The number of aliphatic hydroxyl groups excluding tert-OH is 1. The maximum Gasteiger partial charge on any atom is 0.454 e. The normalized spacial score (nSPS) is 16.8. The molecule has 7 aromatic carbocycles. The van der Waals surface area contributed by atoms with E-state index in [2.05, 4.69) is 182 Å². The van der Waals surface area contributed by atoms with Gasteiger partial charge in [-0.25, -0.2) is 8.78 Å². The Labute approximate surface area is 814 Å². The molecule has 0 bridgehead atoms. The Balaban J connectivity index is 0.000000143. The zero-order valence-electron chi connectivity index (χ0n) is 74.4. The van der Waals surface area contributed by atoms with Gasteiger partial charge in [-0.2, -0.15) is 83.1 Å². The standard InChI is InChI=1S/C26H27N2.C23H21F2N2.C21H27N4.C16H19N2.C15H9N2O.C5H5F3O2.2Ir.2Pt/c1-2-26(15-9-4-10-16-26)18-20-17-24-25(27-19-20)22-13-7-8-14-23(22)28(24)21-11-5-3-6-12-21;1-22(11-4-5-12-22)15-17-10-13-26-27(17)16-8-9-21-19(14-16)18-6-2-3-7-20(18)23(21,24)25;1-5-15(21(4)9-7-6-8-10-21)19-24-13-14-16-18(23-12-11-22-16)20(2,3)17(14)25-19;1-16(10-5-6-11-16)13-15-9-12-17-18(15)14-7-3-2-4-8-14;1-2-8-14-11(5-1)12-6-3-7-13(15(12)18-14)17-10-4-9-16-17;1-3(9)2-4(10)5(6,7)8;;;;/h3,5-8,11-12,14,17,19H,2,4,9-10,15-16,18H2,1H3;2-3,6-7,9-10,13-14H,4-5,11-12,15H2,1H3;11-12,15H,5-10H2,1-4H3;2-4,7,9,12H,5-6,10-11,13H2,1H3;1-6,8-10H;2,9H,1H3;;;;/q5*-1;;;;;. The molecule has 1 N–H and O–H groups in total. The molecule has 2 radical (unpaired) electrons. The van der Waals surface area contributed by atoms with Gasteiger partial charge in [0.1, 0.15) is 5.58 Å². The van der Waals surface area contributed by atoms with Crippen molar-refractivity contribution in [3.63, 3.8) is 0 Å². The number of allylic oxidation sites excluding steroid dienone is 2. The van der Waals surface area contributed by atoms with Gasteiger partial charge in [0, 0.05) is 199 Å². The average Bonchev–Trinajstić information content (AvgIpc) is 1.59. The van der Waals surface area contributed by atoms with Crippen molar-refractivity contribution >= 4 is 49.7 Å². The Morgan fingerprint density at radius 1 is 0.585 bits per heavy atom. The molecule has 6 aliphatic rings. The number of aliphatic hydroxyl groups is 1. The van der Waals surface area contributed by atoms with Crippen molar-refractivity contribution in [1.29, 1.82) is 0 Å². The maximum atomic E-state index is 14.8. The summed E-state index contributed by atoms with van der Waals surface area (Å²) in [5.41, 5.74) is 19.2. The molecule has 6 aliphatic carbocycles. The molecule has 0 saturated heterocycles. The van der Waals surface area contributed by atoms with Gasteiger partial charge in [-0.1, -0.05) is 208 Å². The molecule has 1 atom stereocenters. The van der Waals surface area contributed by atoms with Gasteiger partial charge >= 0.3 is 6.18 Å². The summed E-state index contributed by atoms with van der Waals surface area (Å²) in [6.45, 7) is 17.2. The summed E-state index contributed by atoms with van der Waals surface area (Å²) in [5, 5.41) is 24.7. The van der Waals surface area contributed by atoms with Crippen LogP contribution in [-0.4, -0.2) is 75.9 Å². The number of para-hydroxylation sites is 3. The van der Waals surface area contributed by atoms with Crippen molar-refractivity contribution in [3.05, 3.63) is 301 Å². The van der Waals surface area contributed by atoms with Gasteiger partial charge in [0.05, 0.1) is 5.76 Å². The molecule has 1 unspecified atom stereocenters. The van der Waals surface area contributed by atoms with Crippen LogP contribution in [0.5, 0.6) is 0 Å². The van der Waals surface area contributed by atoms with E-state index in [-0.39, 0.29) is 105 Å². The zero-order valence-corrected chi connectivity index (χ0v) is 83.8. The Hall–Kier alpha value is -9.38. The van der Waals surface area contributed by atoms with Crippen LogP contribution < -0.4 is 0 Å². The first kappa shape index (κ1) is 99.6. The minimum atomic E-state index is -4.88. The third-order valence-electron chi connectivity index (χ3n) is 27.1. The molecule has 24 heteroatoms. The predicted molar refractivity (Wildman–Crippen MR) is 486 cm³/mol. The summed E-state index contributed by atoms with van der Waals surface area (Å²) in [7, 11) is 0. The molecule has 0 aliphatic heterocycles. The molecule has 0 spiro atoms. The van der Waals surface area contributed by atoms with Gasteiger partial charge in [0.2, 0.25) is 0 Å². The number of aromatic nitrogens is 12. The molecule has 8 heterocycles. The van der Waals surface area contributed by atoms with Crippen LogP contribution in [0.3, 0.4) is 0 Å². The van der Waals surface area contributed by atoms with Crippen molar-refractivity contribution in [2.75, 3.05) is 0 Å². The molecule has 15 nitrogen and oxygen atoms in total.